The number of carbonyl (C=O) groups excluding carboxylic acids is 1. The van der Waals surface area contributed by atoms with Gasteiger partial charge in [-0.25, -0.2) is 0 Å². The molecule has 0 atom stereocenters. The maximum atomic E-state index is 12.1. The average molecular weight is 330 g/mol. The highest BCUT2D eigenvalue weighted by Crippen LogP contribution is 2.25. The SMILES string of the molecule is O=C(Cc1ccc(Cl)cc1)Nc1cccc(OC2CCCC2)c1. The van der Waals surface area contributed by atoms with Crippen LogP contribution in [0.2, 0.25) is 5.02 Å². The Bertz CT molecular complexity index is 663. The molecule has 1 aliphatic carbocycles. The Morgan fingerprint density at radius 3 is 2.61 bits per heavy atom. The average Bonchev–Trinajstić information content (AvgIpc) is 3.03. The molecule has 0 spiro atoms. The minimum absolute atomic E-state index is 0.0506. The molecule has 3 rings (SSSR count). The highest BCUT2D eigenvalue weighted by atomic mass is 35.5. The van der Waals surface area contributed by atoms with E-state index in [0.717, 1.165) is 29.8 Å². The summed E-state index contributed by atoms with van der Waals surface area (Å²) in [6, 6.07) is 14.9. The summed E-state index contributed by atoms with van der Waals surface area (Å²) in [5.74, 6) is 0.770. The first kappa shape index (κ1) is 15.9. The fourth-order valence-electron chi connectivity index (χ4n) is 2.84. The number of rotatable bonds is 5. The summed E-state index contributed by atoms with van der Waals surface area (Å²) in [6.45, 7) is 0. The van der Waals surface area contributed by atoms with Gasteiger partial charge in [0.05, 0.1) is 12.5 Å². The lowest BCUT2D eigenvalue weighted by molar-refractivity contribution is -0.115. The van der Waals surface area contributed by atoms with Crippen molar-refractivity contribution in [2.45, 2.75) is 38.2 Å². The number of ether oxygens (including phenoxy) is 1. The number of hydrogen-bond acceptors (Lipinski definition) is 2. The Kier molecular flexibility index (Phi) is 5.19. The van der Waals surface area contributed by atoms with Crippen LogP contribution in [0.4, 0.5) is 5.69 Å². The molecule has 1 saturated carbocycles. The van der Waals surface area contributed by atoms with E-state index in [-0.39, 0.29) is 5.91 Å². The number of benzene rings is 2. The summed E-state index contributed by atoms with van der Waals surface area (Å²) in [5.41, 5.74) is 1.70. The van der Waals surface area contributed by atoms with E-state index in [4.69, 9.17) is 16.3 Å². The number of halogens is 1. The van der Waals surface area contributed by atoms with E-state index >= 15 is 0 Å². The Balaban J connectivity index is 1.58. The first-order chi connectivity index (χ1) is 11.2. The minimum Gasteiger partial charge on any atom is -0.490 e. The zero-order chi connectivity index (χ0) is 16.1. The van der Waals surface area contributed by atoms with Crippen LogP contribution in [0, 0.1) is 0 Å². The lowest BCUT2D eigenvalue weighted by atomic mass is 10.1. The Hall–Kier alpha value is -2.00. The molecule has 23 heavy (non-hydrogen) atoms. The van der Waals surface area contributed by atoms with Crippen molar-refractivity contribution in [2.75, 3.05) is 5.32 Å². The van der Waals surface area contributed by atoms with Crippen LogP contribution in [0.5, 0.6) is 5.75 Å². The topological polar surface area (TPSA) is 38.3 Å². The first-order valence-corrected chi connectivity index (χ1v) is 8.38. The summed E-state index contributed by atoms with van der Waals surface area (Å²) in [4.78, 5) is 12.1. The molecule has 4 heteroatoms. The third-order valence-corrected chi connectivity index (χ3v) is 4.25. The summed E-state index contributed by atoms with van der Waals surface area (Å²) in [6.07, 6.45) is 5.35. The summed E-state index contributed by atoms with van der Waals surface area (Å²) in [7, 11) is 0. The second-order valence-electron chi connectivity index (χ2n) is 5.90. The van der Waals surface area contributed by atoms with E-state index in [1.54, 1.807) is 12.1 Å². The van der Waals surface area contributed by atoms with Gasteiger partial charge in [0, 0.05) is 16.8 Å². The second kappa shape index (κ2) is 7.51. The van der Waals surface area contributed by atoms with E-state index in [0.29, 0.717) is 17.5 Å². The summed E-state index contributed by atoms with van der Waals surface area (Å²) in [5, 5.41) is 3.59. The minimum atomic E-state index is -0.0506. The van der Waals surface area contributed by atoms with Crippen molar-refractivity contribution in [3.05, 3.63) is 59.1 Å². The number of hydrogen-bond donors (Lipinski definition) is 1. The van der Waals surface area contributed by atoms with Crippen LogP contribution < -0.4 is 10.1 Å². The second-order valence-corrected chi connectivity index (χ2v) is 6.34. The fourth-order valence-corrected chi connectivity index (χ4v) is 2.96. The molecule has 0 radical (unpaired) electrons. The van der Waals surface area contributed by atoms with Gasteiger partial charge in [-0.2, -0.15) is 0 Å². The van der Waals surface area contributed by atoms with E-state index in [2.05, 4.69) is 5.32 Å². The smallest absolute Gasteiger partial charge is 0.228 e. The van der Waals surface area contributed by atoms with Crippen LogP contribution in [-0.4, -0.2) is 12.0 Å². The molecular formula is C19H20ClNO2. The molecule has 0 aromatic heterocycles. The number of anilines is 1. The van der Waals surface area contributed by atoms with Crippen LogP contribution in [0.15, 0.2) is 48.5 Å². The van der Waals surface area contributed by atoms with Crippen molar-refractivity contribution >= 4 is 23.2 Å². The van der Waals surface area contributed by atoms with Crippen LogP contribution in [0.3, 0.4) is 0 Å². The largest absolute Gasteiger partial charge is 0.490 e. The molecule has 0 heterocycles. The van der Waals surface area contributed by atoms with Gasteiger partial charge in [0.2, 0.25) is 5.91 Å². The Morgan fingerprint density at radius 1 is 1.13 bits per heavy atom. The summed E-state index contributed by atoms with van der Waals surface area (Å²) >= 11 is 5.85. The van der Waals surface area contributed by atoms with Crippen LogP contribution in [-0.2, 0) is 11.2 Å². The van der Waals surface area contributed by atoms with Gasteiger partial charge in [0.15, 0.2) is 0 Å². The number of amides is 1. The van der Waals surface area contributed by atoms with Gasteiger partial charge in [-0.1, -0.05) is 29.8 Å². The maximum Gasteiger partial charge on any atom is 0.228 e. The van der Waals surface area contributed by atoms with E-state index in [9.17, 15) is 4.79 Å². The van der Waals surface area contributed by atoms with Gasteiger partial charge >= 0.3 is 0 Å². The molecular weight excluding hydrogens is 310 g/mol. The van der Waals surface area contributed by atoms with Crippen molar-refractivity contribution in [1.82, 2.24) is 0 Å². The lowest BCUT2D eigenvalue weighted by Crippen LogP contribution is -2.15. The molecule has 1 amide bonds. The third kappa shape index (κ3) is 4.73. The summed E-state index contributed by atoms with van der Waals surface area (Å²) < 4.78 is 5.96. The maximum absolute atomic E-state index is 12.1. The molecule has 1 fully saturated rings. The molecule has 0 aliphatic heterocycles. The Morgan fingerprint density at radius 2 is 1.87 bits per heavy atom. The third-order valence-electron chi connectivity index (χ3n) is 4.00. The van der Waals surface area contributed by atoms with Crippen LogP contribution in [0.1, 0.15) is 31.2 Å². The molecule has 0 saturated heterocycles. The quantitative estimate of drug-likeness (QED) is 0.852. The molecule has 120 valence electrons. The zero-order valence-electron chi connectivity index (χ0n) is 12.9. The van der Waals surface area contributed by atoms with Gasteiger partial charge in [-0.15, -0.1) is 0 Å². The zero-order valence-corrected chi connectivity index (χ0v) is 13.7. The van der Waals surface area contributed by atoms with Crippen LogP contribution in [0.25, 0.3) is 0 Å². The van der Waals surface area contributed by atoms with Gasteiger partial charge in [0.25, 0.3) is 0 Å². The van der Waals surface area contributed by atoms with E-state index < -0.39 is 0 Å². The fraction of sp³-hybridized carbons (Fsp3) is 0.316. The normalized spacial score (nSPS) is 14.7. The van der Waals surface area contributed by atoms with Crippen molar-refractivity contribution in [1.29, 1.82) is 0 Å². The highest BCUT2D eigenvalue weighted by Gasteiger charge is 2.16. The van der Waals surface area contributed by atoms with Crippen molar-refractivity contribution in [2.24, 2.45) is 0 Å². The molecule has 2 aromatic rings. The first-order valence-electron chi connectivity index (χ1n) is 8.00. The van der Waals surface area contributed by atoms with E-state index in [1.165, 1.54) is 12.8 Å². The monoisotopic (exact) mass is 329 g/mol. The number of carbonyl (C=O) groups is 1. The lowest BCUT2D eigenvalue weighted by Gasteiger charge is -2.14. The van der Waals surface area contributed by atoms with Crippen molar-refractivity contribution in [3.8, 4) is 5.75 Å². The number of nitrogens with one attached hydrogen (secondary N) is 1. The Labute approximate surface area is 141 Å². The molecule has 2 aromatic carbocycles. The van der Waals surface area contributed by atoms with Gasteiger partial charge in [0.1, 0.15) is 5.75 Å². The predicted octanol–water partition coefficient (Wildman–Crippen LogP) is 4.84. The highest BCUT2D eigenvalue weighted by molar-refractivity contribution is 6.30. The molecule has 1 aliphatic rings. The molecule has 1 N–H and O–H groups in total. The standard InChI is InChI=1S/C19H20ClNO2/c20-15-10-8-14(9-11-15)12-19(22)21-16-4-3-7-18(13-16)23-17-5-1-2-6-17/h3-4,7-11,13,17H,1-2,5-6,12H2,(H,21,22). The van der Waals surface area contributed by atoms with Gasteiger partial charge < -0.3 is 10.1 Å². The molecule has 3 nitrogen and oxygen atoms in total. The van der Waals surface area contributed by atoms with Crippen molar-refractivity contribution in [3.63, 3.8) is 0 Å². The molecule has 0 bridgehead atoms. The molecule has 0 unspecified atom stereocenters. The van der Waals surface area contributed by atoms with Crippen LogP contribution >= 0.6 is 11.6 Å². The predicted molar refractivity (Wildman–Crippen MR) is 93.1 cm³/mol. The van der Waals surface area contributed by atoms with Gasteiger partial charge in [-0.3, -0.25) is 4.79 Å². The van der Waals surface area contributed by atoms with E-state index in [1.807, 2.05) is 36.4 Å². The van der Waals surface area contributed by atoms with Gasteiger partial charge in [-0.05, 0) is 55.5 Å². The van der Waals surface area contributed by atoms with Crippen molar-refractivity contribution < 1.29 is 9.53 Å².